The van der Waals surface area contributed by atoms with Crippen molar-refractivity contribution in [2.24, 2.45) is 0 Å². The van der Waals surface area contributed by atoms with Crippen LogP contribution in [0.4, 0.5) is 19.0 Å². The van der Waals surface area contributed by atoms with Crippen LogP contribution in [0.5, 0.6) is 0 Å². The Kier molecular flexibility index (Phi) is 5.47. The minimum atomic E-state index is -4.50. The summed E-state index contributed by atoms with van der Waals surface area (Å²) in [5.41, 5.74) is 6.73. The van der Waals surface area contributed by atoms with Gasteiger partial charge in [-0.3, -0.25) is 0 Å². The summed E-state index contributed by atoms with van der Waals surface area (Å²) in [5, 5.41) is 14.1. The third kappa shape index (κ3) is 4.11. The van der Waals surface area contributed by atoms with E-state index in [1.165, 1.54) is 10.7 Å². The van der Waals surface area contributed by atoms with E-state index in [1.807, 2.05) is 36.4 Å². The number of hydrogen-bond donors (Lipinski definition) is 1. The molecule has 0 unspecified atom stereocenters. The van der Waals surface area contributed by atoms with Crippen LogP contribution in [-0.4, -0.2) is 24.7 Å². The third-order valence-corrected chi connectivity index (χ3v) is 6.47. The molecule has 1 heterocycles. The molecular weight excluding hydrogens is 444 g/mol. The fourth-order valence-corrected chi connectivity index (χ4v) is 4.68. The first kappa shape index (κ1) is 19.3. The van der Waals surface area contributed by atoms with Crippen molar-refractivity contribution < 1.29 is 13.2 Å². The van der Waals surface area contributed by atoms with Gasteiger partial charge in [-0.25, -0.2) is 0 Å². The standard InChI is InChI=1S/C18H12ClF3N4Se/c19-13-8-12(18(20,21)22)6-7-15(13)26-17(24)16(14(9-23)25-26)27-10-11-4-2-1-3-5-11/h1-8H,10,24H2. The number of alkyl halides is 3. The predicted molar refractivity (Wildman–Crippen MR) is 98.2 cm³/mol. The fourth-order valence-electron chi connectivity index (χ4n) is 2.40. The Balaban J connectivity index is 1.96. The normalized spacial score (nSPS) is 11.4. The monoisotopic (exact) mass is 456 g/mol. The van der Waals surface area contributed by atoms with Gasteiger partial charge in [-0.2, -0.15) is 0 Å². The number of nitrogens with two attached hydrogens (primary N) is 1. The van der Waals surface area contributed by atoms with Gasteiger partial charge in [0.25, 0.3) is 0 Å². The molecule has 0 spiro atoms. The van der Waals surface area contributed by atoms with Gasteiger partial charge < -0.3 is 0 Å². The van der Waals surface area contributed by atoms with Crippen molar-refractivity contribution in [3.8, 4) is 11.8 Å². The van der Waals surface area contributed by atoms with E-state index in [9.17, 15) is 18.4 Å². The van der Waals surface area contributed by atoms with Gasteiger partial charge in [-0.05, 0) is 0 Å². The number of rotatable bonds is 4. The molecule has 0 atom stereocenters. The molecule has 0 fully saturated rings. The van der Waals surface area contributed by atoms with Gasteiger partial charge in [0.15, 0.2) is 0 Å². The molecule has 0 aliphatic heterocycles. The van der Waals surface area contributed by atoms with Crippen molar-refractivity contribution in [2.45, 2.75) is 11.5 Å². The zero-order valence-electron chi connectivity index (χ0n) is 13.7. The minimum absolute atomic E-state index is 0.148. The molecule has 0 saturated carbocycles. The number of nitrogen functional groups attached to an aromatic ring is 1. The molecule has 3 aromatic rings. The van der Waals surface area contributed by atoms with Gasteiger partial charge >= 0.3 is 164 Å². The number of nitrogens with zero attached hydrogens (tertiary/aromatic N) is 3. The van der Waals surface area contributed by atoms with Crippen molar-refractivity contribution in [3.05, 3.63) is 70.4 Å². The number of nitriles is 1. The molecule has 4 nitrogen and oxygen atoms in total. The van der Waals surface area contributed by atoms with Crippen LogP contribution >= 0.6 is 11.6 Å². The molecule has 0 aliphatic carbocycles. The molecule has 0 saturated heterocycles. The number of hydrogen-bond acceptors (Lipinski definition) is 3. The van der Waals surface area contributed by atoms with Crippen LogP contribution in [0.2, 0.25) is 5.02 Å². The van der Waals surface area contributed by atoms with E-state index in [0.717, 1.165) is 17.7 Å². The number of anilines is 1. The van der Waals surface area contributed by atoms with Crippen LogP contribution in [0.25, 0.3) is 5.69 Å². The summed E-state index contributed by atoms with van der Waals surface area (Å²) in [4.78, 5) is 0. The molecule has 9 heteroatoms. The second-order valence-electron chi connectivity index (χ2n) is 5.52. The summed E-state index contributed by atoms with van der Waals surface area (Å²) >= 11 is 5.85. The maximum atomic E-state index is 12.8. The first-order chi connectivity index (χ1) is 12.8. The van der Waals surface area contributed by atoms with Gasteiger partial charge in [0.2, 0.25) is 0 Å². The molecule has 3 rings (SSSR count). The summed E-state index contributed by atoms with van der Waals surface area (Å²) in [5.74, 6) is 0.212. The maximum absolute atomic E-state index is 12.8. The molecule has 0 amide bonds. The average molecular weight is 456 g/mol. The molecule has 27 heavy (non-hydrogen) atoms. The van der Waals surface area contributed by atoms with Crippen molar-refractivity contribution in [1.82, 2.24) is 9.78 Å². The Morgan fingerprint density at radius 1 is 1.19 bits per heavy atom. The third-order valence-electron chi connectivity index (χ3n) is 3.71. The molecule has 2 aromatic carbocycles. The van der Waals surface area contributed by atoms with Crippen LogP contribution in [0.15, 0.2) is 48.5 Å². The van der Waals surface area contributed by atoms with E-state index in [0.29, 0.717) is 9.78 Å². The van der Waals surface area contributed by atoms with Gasteiger partial charge in [0.05, 0.1) is 0 Å². The number of aromatic nitrogens is 2. The quantitative estimate of drug-likeness (QED) is 0.612. The Hall–Kier alpha value is -2.46. The van der Waals surface area contributed by atoms with Gasteiger partial charge in [-0.1, -0.05) is 0 Å². The van der Waals surface area contributed by atoms with Crippen molar-refractivity contribution in [1.29, 1.82) is 5.26 Å². The zero-order valence-corrected chi connectivity index (χ0v) is 16.1. The van der Waals surface area contributed by atoms with E-state index in [4.69, 9.17) is 17.3 Å². The molecular formula is C18H12ClF3N4Se. The Morgan fingerprint density at radius 3 is 2.48 bits per heavy atom. The van der Waals surface area contributed by atoms with Gasteiger partial charge in [-0.15, -0.1) is 0 Å². The molecule has 1 aromatic heterocycles. The van der Waals surface area contributed by atoms with E-state index in [1.54, 1.807) is 0 Å². The molecule has 2 N–H and O–H groups in total. The van der Waals surface area contributed by atoms with Gasteiger partial charge in [0, 0.05) is 0 Å². The average Bonchev–Trinajstić information content (AvgIpc) is 2.95. The first-order valence-corrected chi connectivity index (χ1v) is 10.1. The van der Waals surface area contributed by atoms with Crippen molar-refractivity contribution in [2.75, 3.05) is 5.73 Å². The van der Waals surface area contributed by atoms with Crippen LogP contribution in [-0.2, 0) is 11.5 Å². The summed E-state index contributed by atoms with van der Waals surface area (Å²) in [6.07, 6.45) is -4.50. The molecule has 138 valence electrons. The topological polar surface area (TPSA) is 67.6 Å². The van der Waals surface area contributed by atoms with Crippen LogP contribution < -0.4 is 10.2 Å². The van der Waals surface area contributed by atoms with Crippen LogP contribution in [0.3, 0.4) is 0 Å². The Bertz CT molecular complexity index is 1010. The predicted octanol–water partition coefficient (Wildman–Crippen LogP) is 3.53. The Morgan fingerprint density at radius 2 is 1.89 bits per heavy atom. The SMILES string of the molecule is N#Cc1nn(-c2ccc(C(F)(F)F)cc2Cl)c(N)c1[Se]Cc1ccccc1. The molecule has 0 bridgehead atoms. The van der Waals surface area contributed by atoms with E-state index < -0.39 is 11.7 Å². The zero-order chi connectivity index (χ0) is 19.6. The van der Waals surface area contributed by atoms with Gasteiger partial charge in [0.1, 0.15) is 0 Å². The molecule has 0 radical (unpaired) electrons. The summed E-state index contributed by atoms with van der Waals surface area (Å²) in [7, 11) is 0. The summed E-state index contributed by atoms with van der Waals surface area (Å²) in [6.45, 7) is 0. The van der Waals surface area contributed by atoms with Crippen molar-refractivity contribution >= 4 is 36.8 Å². The second kappa shape index (κ2) is 7.65. The first-order valence-electron chi connectivity index (χ1n) is 7.63. The summed E-state index contributed by atoms with van der Waals surface area (Å²) < 4.78 is 40.3. The molecule has 0 aliphatic rings. The van der Waals surface area contributed by atoms with Crippen LogP contribution in [0.1, 0.15) is 16.8 Å². The van der Waals surface area contributed by atoms with Crippen LogP contribution in [0, 0.1) is 11.3 Å². The number of benzene rings is 2. The fraction of sp³-hybridized carbons (Fsp3) is 0.111. The number of halogens is 4. The Labute approximate surface area is 164 Å². The van der Waals surface area contributed by atoms with E-state index in [-0.39, 0.29) is 37.2 Å². The van der Waals surface area contributed by atoms with Crippen molar-refractivity contribution in [3.63, 3.8) is 0 Å². The summed E-state index contributed by atoms with van der Waals surface area (Å²) in [6, 6.07) is 14.6. The van der Waals surface area contributed by atoms with E-state index >= 15 is 0 Å². The van der Waals surface area contributed by atoms with E-state index in [2.05, 4.69) is 5.10 Å². The second-order valence-corrected chi connectivity index (χ2v) is 8.00.